The van der Waals surface area contributed by atoms with Crippen molar-refractivity contribution in [3.05, 3.63) is 65.4 Å². The number of nitrogens with zero attached hydrogens (tertiary/aromatic N) is 2. The van der Waals surface area contributed by atoms with E-state index in [2.05, 4.69) is 5.10 Å². The summed E-state index contributed by atoms with van der Waals surface area (Å²) in [6, 6.07) is 12.1. The first-order valence-corrected chi connectivity index (χ1v) is 10.5. The molecule has 9 heteroatoms. The Kier molecular flexibility index (Phi) is 4.54. The molecule has 0 bridgehead atoms. The van der Waals surface area contributed by atoms with E-state index >= 15 is 0 Å². The maximum atomic E-state index is 13.4. The highest BCUT2D eigenvalue weighted by atomic mass is 32.2. The first kappa shape index (κ1) is 19.7. The number of hydrogen-bond donors (Lipinski definition) is 1. The van der Waals surface area contributed by atoms with Gasteiger partial charge in [-0.25, -0.2) is 18.2 Å². The van der Waals surface area contributed by atoms with Crippen molar-refractivity contribution in [1.82, 2.24) is 9.78 Å². The van der Waals surface area contributed by atoms with Crippen molar-refractivity contribution in [2.24, 2.45) is 5.14 Å². The second kappa shape index (κ2) is 6.70. The van der Waals surface area contributed by atoms with Gasteiger partial charge in [0.2, 0.25) is 10.0 Å². The zero-order valence-corrected chi connectivity index (χ0v) is 16.3. The summed E-state index contributed by atoms with van der Waals surface area (Å²) in [6.45, 7) is 1.83. The van der Waals surface area contributed by atoms with Crippen LogP contribution in [0.5, 0.6) is 0 Å². The molecule has 0 atom stereocenters. The second-order valence-electron chi connectivity index (χ2n) is 7.21. The second-order valence-corrected chi connectivity index (χ2v) is 8.77. The van der Waals surface area contributed by atoms with Crippen LogP contribution < -0.4 is 5.14 Å². The lowest BCUT2D eigenvalue weighted by Crippen LogP contribution is -2.12. The molecule has 5 nitrogen and oxygen atoms in total. The number of rotatable bonds is 4. The molecule has 1 aliphatic rings. The first-order chi connectivity index (χ1) is 13.5. The van der Waals surface area contributed by atoms with E-state index < -0.39 is 21.9 Å². The summed E-state index contributed by atoms with van der Waals surface area (Å²) in [5.74, 6) is 0.446. The van der Waals surface area contributed by atoms with E-state index in [1.807, 2.05) is 25.1 Å². The third-order valence-electron chi connectivity index (χ3n) is 5.00. The number of aromatic nitrogens is 2. The van der Waals surface area contributed by atoms with Gasteiger partial charge in [-0.15, -0.1) is 0 Å². The molecule has 4 rings (SSSR count). The molecule has 0 spiro atoms. The van der Waals surface area contributed by atoms with Crippen LogP contribution in [0.25, 0.3) is 16.9 Å². The topological polar surface area (TPSA) is 78.0 Å². The van der Waals surface area contributed by atoms with Gasteiger partial charge in [0.25, 0.3) is 0 Å². The lowest BCUT2D eigenvalue weighted by molar-refractivity contribution is -0.141. The van der Waals surface area contributed by atoms with E-state index in [4.69, 9.17) is 5.14 Å². The van der Waals surface area contributed by atoms with Crippen molar-refractivity contribution in [2.75, 3.05) is 0 Å². The first-order valence-electron chi connectivity index (χ1n) is 8.95. The third-order valence-corrected chi connectivity index (χ3v) is 5.93. The van der Waals surface area contributed by atoms with E-state index in [1.54, 1.807) is 0 Å². The Hall–Kier alpha value is -2.65. The molecule has 29 heavy (non-hydrogen) atoms. The Morgan fingerprint density at radius 1 is 1.07 bits per heavy atom. The minimum Gasteiger partial charge on any atom is -0.232 e. The van der Waals surface area contributed by atoms with Crippen LogP contribution in [-0.4, -0.2) is 18.2 Å². The summed E-state index contributed by atoms with van der Waals surface area (Å²) in [5.41, 5.74) is 2.16. The average molecular weight is 421 g/mol. The summed E-state index contributed by atoms with van der Waals surface area (Å²) in [7, 11) is -3.91. The van der Waals surface area contributed by atoms with E-state index in [9.17, 15) is 21.6 Å². The molecule has 0 saturated heterocycles. The number of sulfonamides is 1. The average Bonchev–Trinajstić information content (AvgIpc) is 3.38. The minimum atomic E-state index is -4.61. The fraction of sp³-hybridized carbons (Fsp3) is 0.250. The molecule has 2 N–H and O–H groups in total. The molecule has 0 amide bonds. The van der Waals surface area contributed by atoms with Gasteiger partial charge in [0.15, 0.2) is 5.69 Å². The standard InChI is InChI=1S/C20H18F3N3O2S/c1-12-2-3-14(13-4-5-13)10-17(12)18-11-19(20(21,22)23)25-26(18)15-6-8-16(9-7-15)29(24,27)28/h2-3,6-11,13H,4-5H2,1H3,(H2,24,27,28). The fourth-order valence-corrected chi connectivity index (χ4v) is 3.79. The van der Waals surface area contributed by atoms with Gasteiger partial charge in [-0.2, -0.15) is 18.3 Å². The SMILES string of the molecule is Cc1ccc(C2CC2)cc1-c1cc(C(F)(F)F)nn1-c1ccc(S(N)(=O)=O)cc1. The lowest BCUT2D eigenvalue weighted by atomic mass is 9.99. The molecular formula is C20H18F3N3O2S. The van der Waals surface area contributed by atoms with Crippen molar-refractivity contribution >= 4 is 10.0 Å². The van der Waals surface area contributed by atoms with E-state index in [1.165, 1.54) is 28.9 Å². The summed E-state index contributed by atoms with van der Waals surface area (Å²) < 4.78 is 64.3. The molecule has 1 fully saturated rings. The normalized spacial score (nSPS) is 14.9. The summed E-state index contributed by atoms with van der Waals surface area (Å²) in [5, 5.41) is 8.86. The number of hydrogen-bond acceptors (Lipinski definition) is 3. The summed E-state index contributed by atoms with van der Waals surface area (Å²) >= 11 is 0. The highest BCUT2D eigenvalue weighted by Crippen LogP contribution is 2.42. The zero-order valence-electron chi connectivity index (χ0n) is 15.4. The molecule has 1 aromatic heterocycles. The van der Waals surface area contributed by atoms with Crippen molar-refractivity contribution in [2.45, 2.75) is 36.8 Å². The molecule has 0 aliphatic heterocycles. The van der Waals surface area contributed by atoms with Crippen molar-refractivity contribution in [3.8, 4) is 16.9 Å². The monoisotopic (exact) mass is 421 g/mol. The van der Waals surface area contributed by atoms with Crippen LogP contribution in [0.2, 0.25) is 0 Å². The molecule has 3 aromatic rings. The van der Waals surface area contributed by atoms with Crippen LogP contribution >= 0.6 is 0 Å². The number of primary sulfonamides is 1. The Bertz CT molecular complexity index is 1180. The van der Waals surface area contributed by atoms with Gasteiger partial charge < -0.3 is 0 Å². The Morgan fingerprint density at radius 2 is 1.72 bits per heavy atom. The number of alkyl halides is 3. The molecule has 1 heterocycles. The van der Waals surface area contributed by atoms with E-state index in [-0.39, 0.29) is 4.90 Å². The van der Waals surface area contributed by atoms with Crippen LogP contribution in [0.4, 0.5) is 13.2 Å². The number of benzene rings is 2. The molecule has 1 aliphatic carbocycles. The number of aryl methyl sites for hydroxylation is 1. The Balaban J connectivity index is 1.88. The van der Waals surface area contributed by atoms with Gasteiger partial charge in [0, 0.05) is 5.56 Å². The predicted molar refractivity (Wildman–Crippen MR) is 102 cm³/mol. The largest absolute Gasteiger partial charge is 0.435 e. The number of nitrogens with two attached hydrogens (primary N) is 1. The third kappa shape index (κ3) is 3.92. The maximum Gasteiger partial charge on any atom is 0.435 e. The maximum absolute atomic E-state index is 13.4. The molecular weight excluding hydrogens is 403 g/mol. The highest BCUT2D eigenvalue weighted by Gasteiger charge is 2.35. The van der Waals surface area contributed by atoms with Crippen LogP contribution in [0.1, 0.15) is 35.6 Å². The van der Waals surface area contributed by atoms with Gasteiger partial charge in [-0.3, -0.25) is 0 Å². The zero-order chi connectivity index (χ0) is 21.0. The quantitative estimate of drug-likeness (QED) is 0.679. The molecule has 0 unspecified atom stereocenters. The fourth-order valence-electron chi connectivity index (χ4n) is 3.27. The van der Waals surface area contributed by atoms with Gasteiger partial charge in [0.1, 0.15) is 0 Å². The van der Waals surface area contributed by atoms with Crippen LogP contribution in [-0.2, 0) is 16.2 Å². The Morgan fingerprint density at radius 3 is 2.28 bits per heavy atom. The van der Waals surface area contributed by atoms with Gasteiger partial charge in [-0.05, 0) is 73.2 Å². The molecule has 152 valence electrons. The minimum absolute atomic E-state index is 0.127. The van der Waals surface area contributed by atoms with Crippen molar-refractivity contribution in [1.29, 1.82) is 0 Å². The molecule has 1 saturated carbocycles. The molecule has 0 radical (unpaired) electrons. The van der Waals surface area contributed by atoms with Crippen LogP contribution in [0.15, 0.2) is 53.4 Å². The lowest BCUT2D eigenvalue weighted by Gasteiger charge is -2.12. The van der Waals surface area contributed by atoms with E-state index in [0.717, 1.165) is 30.0 Å². The van der Waals surface area contributed by atoms with Gasteiger partial charge in [-0.1, -0.05) is 12.1 Å². The van der Waals surface area contributed by atoms with Gasteiger partial charge in [0.05, 0.1) is 16.3 Å². The summed E-state index contributed by atoms with van der Waals surface area (Å²) in [6.07, 6.45) is -2.46. The smallest absolute Gasteiger partial charge is 0.232 e. The molecule has 2 aromatic carbocycles. The van der Waals surface area contributed by atoms with Crippen LogP contribution in [0, 0.1) is 6.92 Å². The predicted octanol–water partition coefficient (Wildman–Crippen LogP) is 4.39. The van der Waals surface area contributed by atoms with Crippen LogP contribution in [0.3, 0.4) is 0 Å². The Labute approximate surface area is 166 Å². The highest BCUT2D eigenvalue weighted by molar-refractivity contribution is 7.89. The van der Waals surface area contributed by atoms with Gasteiger partial charge >= 0.3 is 6.18 Å². The van der Waals surface area contributed by atoms with Crippen molar-refractivity contribution < 1.29 is 21.6 Å². The van der Waals surface area contributed by atoms with E-state index in [0.29, 0.717) is 22.9 Å². The summed E-state index contributed by atoms with van der Waals surface area (Å²) in [4.78, 5) is -0.127. The van der Waals surface area contributed by atoms with Crippen molar-refractivity contribution in [3.63, 3.8) is 0 Å². The number of halogens is 3.